The van der Waals surface area contributed by atoms with Crippen LogP contribution >= 0.6 is 11.3 Å². The Morgan fingerprint density at radius 2 is 1.94 bits per heavy atom. The Morgan fingerprint density at radius 1 is 1.19 bits per heavy atom. The molecule has 7 nitrogen and oxygen atoms in total. The lowest BCUT2D eigenvalue weighted by atomic mass is 10.0. The molecule has 0 radical (unpaired) electrons. The van der Waals surface area contributed by atoms with Crippen LogP contribution in [0.1, 0.15) is 28.8 Å². The van der Waals surface area contributed by atoms with Crippen LogP contribution in [-0.4, -0.2) is 39.5 Å². The van der Waals surface area contributed by atoms with E-state index in [-0.39, 0.29) is 11.9 Å². The third-order valence-electron chi connectivity index (χ3n) is 5.20. The lowest BCUT2D eigenvalue weighted by Gasteiger charge is -2.32. The lowest BCUT2D eigenvalue weighted by molar-refractivity contribution is 0.0711. The number of nitrogens with one attached hydrogen (secondary N) is 1. The summed E-state index contributed by atoms with van der Waals surface area (Å²) in [5.41, 5.74) is 2.39. The number of benzene rings is 1. The minimum atomic E-state index is -3.51. The van der Waals surface area contributed by atoms with E-state index in [0.29, 0.717) is 47.0 Å². The SMILES string of the molecule is N#Cc1cccnc1-c1ccc(C(=O)N2CCC(N[S+](=O)([O-])c3cccs3)CC2)cc1. The van der Waals surface area contributed by atoms with E-state index >= 15 is 0 Å². The Morgan fingerprint density at radius 3 is 2.58 bits per heavy atom. The molecule has 1 aliphatic rings. The number of amides is 1. The largest absolute Gasteiger partial charge is 0.592 e. The summed E-state index contributed by atoms with van der Waals surface area (Å²) in [7, 11) is -3.51. The molecule has 31 heavy (non-hydrogen) atoms. The van der Waals surface area contributed by atoms with Crippen LogP contribution in [0, 0.1) is 11.3 Å². The monoisotopic (exact) mass is 452 g/mol. The summed E-state index contributed by atoms with van der Waals surface area (Å²) in [6.07, 6.45) is 2.76. The van der Waals surface area contributed by atoms with Gasteiger partial charge in [-0.15, -0.1) is 4.72 Å². The highest BCUT2D eigenvalue weighted by Crippen LogP contribution is 2.24. The van der Waals surface area contributed by atoms with Crippen molar-refractivity contribution in [2.24, 2.45) is 0 Å². The molecule has 1 unspecified atom stereocenters. The summed E-state index contributed by atoms with van der Waals surface area (Å²) >= 11 is 1.19. The van der Waals surface area contributed by atoms with Gasteiger partial charge < -0.3 is 9.45 Å². The number of aromatic nitrogens is 1. The van der Waals surface area contributed by atoms with Crippen molar-refractivity contribution in [3.63, 3.8) is 0 Å². The lowest BCUT2D eigenvalue weighted by Crippen LogP contribution is -2.48. The molecule has 1 saturated heterocycles. The number of hydrogen-bond acceptors (Lipinski definition) is 6. The van der Waals surface area contributed by atoms with E-state index in [2.05, 4.69) is 15.8 Å². The topological polar surface area (TPSA) is 109 Å². The molecule has 0 spiro atoms. The fourth-order valence-electron chi connectivity index (χ4n) is 3.57. The maximum atomic E-state index is 12.9. The highest BCUT2D eigenvalue weighted by Gasteiger charge is 2.30. The van der Waals surface area contributed by atoms with Gasteiger partial charge in [-0.25, -0.2) is 0 Å². The standard InChI is InChI=1S/C22H20N4O3S2/c23-15-18-3-1-11-24-21(18)16-5-7-17(8-6-16)22(27)26-12-9-19(10-13-26)25-31(28,29)20-4-2-14-30-20/h1-8,11,14,19H,9-10,12-13H2,(H-,25,28,29). The minimum absolute atomic E-state index is 0.0901. The van der Waals surface area contributed by atoms with E-state index in [0.717, 1.165) is 5.56 Å². The first kappa shape index (κ1) is 21.3. The van der Waals surface area contributed by atoms with E-state index < -0.39 is 10.4 Å². The van der Waals surface area contributed by atoms with Gasteiger partial charge >= 0.3 is 0 Å². The van der Waals surface area contributed by atoms with Gasteiger partial charge in [0.1, 0.15) is 6.07 Å². The number of rotatable bonds is 5. The van der Waals surface area contributed by atoms with Crippen LogP contribution in [0.25, 0.3) is 11.3 Å². The van der Waals surface area contributed by atoms with Crippen molar-refractivity contribution in [2.75, 3.05) is 13.1 Å². The van der Waals surface area contributed by atoms with Crippen LogP contribution in [0.5, 0.6) is 0 Å². The number of piperidine rings is 1. The molecule has 3 heterocycles. The Hall–Kier alpha value is -2.90. The van der Waals surface area contributed by atoms with Gasteiger partial charge in [0, 0.05) is 36.5 Å². The number of hydrogen-bond donors (Lipinski definition) is 1. The molecular formula is C22H20N4O3S2. The highest BCUT2D eigenvalue weighted by molar-refractivity contribution is 7.97. The van der Waals surface area contributed by atoms with Gasteiger partial charge in [0.2, 0.25) is 4.21 Å². The van der Waals surface area contributed by atoms with Gasteiger partial charge in [0.05, 0.1) is 17.3 Å². The van der Waals surface area contributed by atoms with Gasteiger partial charge in [-0.05, 0) is 48.6 Å². The fourth-order valence-corrected chi connectivity index (χ4v) is 5.89. The zero-order chi connectivity index (χ0) is 21.8. The number of nitriles is 1. The van der Waals surface area contributed by atoms with Crippen molar-refractivity contribution in [2.45, 2.75) is 23.1 Å². The number of carbonyl (C=O) groups excluding carboxylic acids is 1. The van der Waals surface area contributed by atoms with Crippen molar-refractivity contribution in [1.82, 2.24) is 14.6 Å². The summed E-state index contributed by atoms with van der Waals surface area (Å²) in [5.74, 6) is -0.0901. The predicted molar refractivity (Wildman–Crippen MR) is 118 cm³/mol. The van der Waals surface area contributed by atoms with Crippen LogP contribution in [0.3, 0.4) is 0 Å². The fraction of sp³-hybridized carbons (Fsp3) is 0.227. The number of thiophene rings is 1. The smallest absolute Gasteiger partial charge is 0.253 e. The van der Waals surface area contributed by atoms with Gasteiger partial charge in [-0.2, -0.15) is 5.26 Å². The normalized spacial score (nSPS) is 16.5. The second-order valence-corrected chi connectivity index (χ2v) is 10.1. The van der Waals surface area contributed by atoms with E-state index in [1.807, 2.05) is 0 Å². The number of likely N-dealkylation sites (tertiary alicyclic amines) is 1. The van der Waals surface area contributed by atoms with Crippen LogP contribution in [0.2, 0.25) is 0 Å². The molecule has 9 heteroatoms. The highest BCUT2D eigenvalue weighted by atomic mass is 32.3. The Balaban J connectivity index is 1.38. The van der Waals surface area contributed by atoms with Crippen molar-refractivity contribution < 1.29 is 13.6 Å². The molecule has 0 aliphatic carbocycles. The Kier molecular flexibility index (Phi) is 6.25. The van der Waals surface area contributed by atoms with Crippen molar-refractivity contribution in [3.8, 4) is 17.3 Å². The summed E-state index contributed by atoms with van der Waals surface area (Å²) in [6, 6.07) is 15.7. The average molecular weight is 453 g/mol. The van der Waals surface area contributed by atoms with Crippen molar-refractivity contribution in [1.29, 1.82) is 5.26 Å². The first-order chi connectivity index (χ1) is 15.0. The van der Waals surface area contributed by atoms with Gasteiger partial charge in [0.15, 0.2) is 10.4 Å². The quantitative estimate of drug-likeness (QED) is 0.596. The number of carbonyl (C=O) groups is 1. The Bertz CT molecular complexity index is 1150. The summed E-state index contributed by atoms with van der Waals surface area (Å²) in [4.78, 5) is 18.9. The van der Waals surface area contributed by atoms with E-state index in [4.69, 9.17) is 0 Å². The van der Waals surface area contributed by atoms with Crippen LogP contribution < -0.4 is 4.72 Å². The first-order valence-electron chi connectivity index (χ1n) is 9.78. The van der Waals surface area contributed by atoms with Crippen molar-refractivity contribution >= 4 is 27.6 Å². The first-order valence-corrected chi connectivity index (χ1v) is 12.1. The summed E-state index contributed by atoms with van der Waals surface area (Å²) < 4.78 is 27.8. The number of nitrogens with zero attached hydrogens (tertiary/aromatic N) is 3. The summed E-state index contributed by atoms with van der Waals surface area (Å²) in [6.45, 7) is 0.966. The Labute approximate surface area is 185 Å². The maximum Gasteiger partial charge on any atom is 0.253 e. The van der Waals surface area contributed by atoms with E-state index in [1.54, 1.807) is 65.0 Å². The minimum Gasteiger partial charge on any atom is -0.592 e. The van der Waals surface area contributed by atoms with Crippen LogP contribution in [0.15, 0.2) is 64.3 Å². The zero-order valence-electron chi connectivity index (χ0n) is 16.6. The van der Waals surface area contributed by atoms with Gasteiger partial charge in [-0.3, -0.25) is 9.78 Å². The summed E-state index contributed by atoms with van der Waals surface area (Å²) in [5, 5.41) is 11.0. The van der Waals surface area contributed by atoms with E-state index in [9.17, 15) is 18.8 Å². The molecule has 4 rings (SSSR count). The van der Waals surface area contributed by atoms with Crippen LogP contribution in [0.4, 0.5) is 0 Å². The molecule has 2 aromatic heterocycles. The van der Waals surface area contributed by atoms with Gasteiger partial charge in [-0.1, -0.05) is 27.7 Å². The average Bonchev–Trinajstić information content (AvgIpc) is 3.35. The predicted octanol–water partition coefficient (Wildman–Crippen LogP) is 3.48. The molecule has 1 fully saturated rings. The third-order valence-corrected chi connectivity index (χ3v) is 8.12. The molecule has 158 valence electrons. The molecule has 1 aromatic carbocycles. The molecule has 1 N–H and O–H groups in total. The zero-order valence-corrected chi connectivity index (χ0v) is 18.2. The third kappa shape index (κ3) is 4.73. The van der Waals surface area contributed by atoms with Gasteiger partial charge in [0.25, 0.3) is 5.91 Å². The number of sulfonamides is 1. The molecule has 3 aromatic rings. The molecule has 1 amide bonds. The van der Waals surface area contributed by atoms with Crippen LogP contribution in [-0.2, 0) is 14.6 Å². The molecule has 0 saturated carbocycles. The van der Waals surface area contributed by atoms with Crippen molar-refractivity contribution in [3.05, 3.63) is 71.2 Å². The molecular weight excluding hydrogens is 432 g/mol. The second-order valence-electron chi connectivity index (χ2n) is 7.21. The molecule has 1 atom stereocenters. The van der Waals surface area contributed by atoms with E-state index in [1.165, 1.54) is 11.3 Å². The molecule has 1 aliphatic heterocycles. The maximum absolute atomic E-state index is 12.9. The second kappa shape index (κ2) is 9.08. The molecule has 0 bridgehead atoms. The number of pyridine rings is 1.